The van der Waals surface area contributed by atoms with E-state index in [0.29, 0.717) is 11.9 Å². The minimum Gasteiger partial charge on any atom is -0.380 e. The van der Waals surface area contributed by atoms with Crippen molar-refractivity contribution in [3.63, 3.8) is 0 Å². The van der Waals surface area contributed by atoms with E-state index in [-0.39, 0.29) is 12.1 Å². The first kappa shape index (κ1) is 14.3. The van der Waals surface area contributed by atoms with Gasteiger partial charge >= 0.3 is 0 Å². The first-order chi connectivity index (χ1) is 9.78. The Bertz CT molecular complexity index is 337. The van der Waals surface area contributed by atoms with Crippen LogP contribution in [0.1, 0.15) is 51.4 Å². The van der Waals surface area contributed by atoms with Crippen LogP contribution in [0.2, 0.25) is 0 Å². The van der Waals surface area contributed by atoms with Crippen LogP contribution in [0.3, 0.4) is 0 Å². The van der Waals surface area contributed by atoms with Gasteiger partial charge in [-0.25, -0.2) is 0 Å². The fourth-order valence-electron chi connectivity index (χ4n) is 3.72. The molecule has 0 aromatic rings. The highest BCUT2D eigenvalue weighted by atomic mass is 16.5. The number of carbonyl (C=O) groups excluding carboxylic acids is 1. The molecule has 1 amide bonds. The van der Waals surface area contributed by atoms with E-state index in [1.807, 2.05) is 0 Å². The molecule has 1 heterocycles. The Balaban J connectivity index is 1.57. The first-order valence-corrected chi connectivity index (χ1v) is 8.34. The minimum absolute atomic E-state index is 0.0101. The third kappa shape index (κ3) is 3.34. The average Bonchev–Trinajstić information content (AvgIpc) is 3.21. The normalized spacial score (nSPS) is 31.4. The van der Waals surface area contributed by atoms with Gasteiger partial charge in [-0.3, -0.25) is 4.79 Å². The second-order valence-corrected chi connectivity index (χ2v) is 6.78. The fraction of sp³-hybridized carbons (Fsp3) is 0.938. The molecule has 1 aliphatic heterocycles. The van der Waals surface area contributed by atoms with Crippen molar-refractivity contribution in [1.29, 1.82) is 0 Å². The molecule has 0 bridgehead atoms. The van der Waals surface area contributed by atoms with E-state index in [2.05, 4.69) is 10.2 Å². The van der Waals surface area contributed by atoms with Gasteiger partial charge in [0.15, 0.2) is 0 Å². The van der Waals surface area contributed by atoms with Gasteiger partial charge in [-0.1, -0.05) is 19.3 Å². The smallest absolute Gasteiger partial charge is 0.240 e. The summed E-state index contributed by atoms with van der Waals surface area (Å²) in [4.78, 5) is 15.0. The number of carbonyl (C=O) groups is 1. The van der Waals surface area contributed by atoms with Gasteiger partial charge in [-0.05, 0) is 38.0 Å². The molecule has 114 valence electrons. The predicted molar refractivity (Wildman–Crippen MR) is 78.5 cm³/mol. The summed E-state index contributed by atoms with van der Waals surface area (Å²) in [5.41, 5.74) is 0. The Morgan fingerprint density at radius 1 is 1.20 bits per heavy atom. The van der Waals surface area contributed by atoms with Gasteiger partial charge in [0.05, 0.1) is 12.1 Å². The largest absolute Gasteiger partial charge is 0.380 e. The Kier molecular flexibility index (Phi) is 4.61. The molecule has 2 unspecified atom stereocenters. The molecule has 3 aliphatic rings. The lowest BCUT2D eigenvalue weighted by molar-refractivity contribution is -0.134. The summed E-state index contributed by atoms with van der Waals surface area (Å²) in [6.45, 7) is 1.81. The summed E-state index contributed by atoms with van der Waals surface area (Å²) >= 11 is 0. The average molecular weight is 280 g/mol. The Hall–Kier alpha value is -0.610. The number of amides is 1. The van der Waals surface area contributed by atoms with Gasteiger partial charge in [0.1, 0.15) is 0 Å². The molecule has 0 aromatic heterocycles. The fourth-order valence-corrected chi connectivity index (χ4v) is 3.72. The van der Waals surface area contributed by atoms with Gasteiger partial charge < -0.3 is 15.0 Å². The summed E-state index contributed by atoms with van der Waals surface area (Å²) in [6, 6.07) is 0.525. The summed E-state index contributed by atoms with van der Waals surface area (Å²) in [6.07, 6.45) is 10.2. The van der Waals surface area contributed by atoms with E-state index < -0.39 is 0 Å². The second kappa shape index (κ2) is 6.44. The van der Waals surface area contributed by atoms with Crippen LogP contribution in [0, 0.1) is 5.92 Å². The molecule has 3 fully saturated rings. The molecular formula is C16H28N2O2. The van der Waals surface area contributed by atoms with Crippen molar-refractivity contribution < 1.29 is 9.53 Å². The molecule has 20 heavy (non-hydrogen) atoms. The maximum atomic E-state index is 12.8. The maximum absolute atomic E-state index is 12.8. The third-order valence-corrected chi connectivity index (χ3v) is 5.17. The number of nitrogens with one attached hydrogen (secondary N) is 1. The van der Waals surface area contributed by atoms with Crippen LogP contribution in [0.4, 0.5) is 0 Å². The summed E-state index contributed by atoms with van der Waals surface area (Å²) in [7, 11) is 1.74. The minimum atomic E-state index is -0.0101. The summed E-state index contributed by atoms with van der Waals surface area (Å²) in [5, 5.41) is 3.34. The van der Waals surface area contributed by atoms with Crippen LogP contribution in [-0.2, 0) is 9.53 Å². The van der Waals surface area contributed by atoms with E-state index in [4.69, 9.17) is 4.74 Å². The van der Waals surface area contributed by atoms with Crippen molar-refractivity contribution >= 4 is 5.91 Å². The van der Waals surface area contributed by atoms with E-state index in [9.17, 15) is 4.79 Å². The van der Waals surface area contributed by atoms with Crippen molar-refractivity contribution in [2.24, 2.45) is 5.92 Å². The SMILES string of the molecule is COC1CNC(C(=O)N(CC2CCCCC2)C2CC2)C1. The number of hydrogen-bond acceptors (Lipinski definition) is 3. The summed E-state index contributed by atoms with van der Waals surface area (Å²) < 4.78 is 5.36. The van der Waals surface area contributed by atoms with Crippen LogP contribution in [0.5, 0.6) is 0 Å². The molecule has 0 radical (unpaired) electrons. The maximum Gasteiger partial charge on any atom is 0.240 e. The van der Waals surface area contributed by atoms with Gasteiger partial charge in [-0.2, -0.15) is 0 Å². The molecule has 0 spiro atoms. The Morgan fingerprint density at radius 2 is 1.95 bits per heavy atom. The van der Waals surface area contributed by atoms with Crippen molar-refractivity contribution in [2.75, 3.05) is 20.2 Å². The zero-order valence-electron chi connectivity index (χ0n) is 12.6. The quantitative estimate of drug-likeness (QED) is 0.837. The molecule has 0 aromatic carbocycles. The number of rotatable bonds is 5. The Labute approximate surface area is 122 Å². The number of nitrogens with zero attached hydrogens (tertiary/aromatic N) is 1. The van der Waals surface area contributed by atoms with Crippen molar-refractivity contribution in [2.45, 2.75) is 69.6 Å². The zero-order chi connectivity index (χ0) is 13.9. The molecule has 3 rings (SSSR count). The monoisotopic (exact) mass is 280 g/mol. The van der Waals surface area contributed by atoms with E-state index >= 15 is 0 Å². The molecule has 2 atom stereocenters. The highest BCUT2D eigenvalue weighted by Gasteiger charge is 2.39. The summed E-state index contributed by atoms with van der Waals surface area (Å²) in [5.74, 6) is 1.07. The van der Waals surface area contributed by atoms with Crippen LogP contribution < -0.4 is 5.32 Å². The molecule has 1 N–H and O–H groups in total. The molecular weight excluding hydrogens is 252 g/mol. The van der Waals surface area contributed by atoms with Crippen molar-refractivity contribution in [3.05, 3.63) is 0 Å². The number of hydrogen-bond donors (Lipinski definition) is 1. The van der Waals surface area contributed by atoms with Gasteiger partial charge in [0.25, 0.3) is 0 Å². The molecule has 1 saturated heterocycles. The molecule has 4 heteroatoms. The lowest BCUT2D eigenvalue weighted by atomic mass is 9.88. The molecule has 2 saturated carbocycles. The van der Waals surface area contributed by atoms with Crippen LogP contribution >= 0.6 is 0 Å². The Morgan fingerprint density at radius 3 is 2.55 bits per heavy atom. The molecule has 4 nitrogen and oxygen atoms in total. The highest BCUT2D eigenvalue weighted by Crippen LogP contribution is 2.32. The van der Waals surface area contributed by atoms with Crippen molar-refractivity contribution in [3.8, 4) is 0 Å². The zero-order valence-corrected chi connectivity index (χ0v) is 12.6. The van der Waals surface area contributed by atoms with E-state index in [0.717, 1.165) is 25.4 Å². The van der Waals surface area contributed by atoms with Gasteiger partial charge in [0.2, 0.25) is 5.91 Å². The van der Waals surface area contributed by atoms with E-state index in [1.165, 1.54) is 44.9 Å². The number of ether oxygens (including phenoxy) is 1. The van der Waals surface area contributed by atoms with Gasteiger partial charge in [-0.15, -0.1) is 0 Å². The first-order valence-electron chi connectivity index (χ1n) is 8.34. The van der Waals surface area contributed by atoms with Crippen LogP contribution in [0.15, 0.2) is 0 Å². The standard InChI is InChI=1S/C16H28N2O2/c1-20-14-9-15(17-10-14)16(19)18(13-7-8-13)11-12-5-3-2-4-6-12/h12-15,17H,2-11H2,1H3. The third-order valence-electron chi connectivity index (χ3n) is 5.17. The predicted octanol–water partition coefficient (Wildman–Crippen LogP) is 1.93. The molecule has 2 aliphatic carbocycles. The lowest BCUT2D eigenvalue weighted by Gasteiger charge is -2.31. The number of methoxy groups -OCH3 is 1. The van der Waals surface area contributed by atoms with Gasteiger partial charge in [0, 0.05) is 26.2 Å². The second-order valence-electron chi connectivity index (χ2n) is 6.78. The lowest BCUT2D eigenvalue weighted by Crippen LogP contribution is -2.46. The topological polar surface area (TPSA) is 41.6 Å². The van der Waals surface area contributed by atoms with Crippen LogP contribution in [0.25, 0.3) is 0 Å². The van der Waals surface area contributed by atoms with E-state index in [1.54, 1.807) is 7.11 Å². The van der Waals surface area contributed by atoms with Crippen LogP contribution in [-0.4, -0.2) is 49.2 Å². The van der Waals surface area contributed by atoms with Crippen molar-refractivity contribution in [1.82, 2.24) is 10.2 Å². The highest BCUT2D eigenvalue weighted by molar-refractivity contribution is 5.83.